The monoisotopic (exact) mass is 404 g/mol. The molecule has 0 unspecified atom stereocenters. The third-order valence-corrected chi connectivity index (χ3v) is 6.40. The summed E-state index contributed by atoms with van der Waals surface area (Å²) in [6.07, 6.45) is 0. The van der Waals surface area contributed by atoms with Crippen LogP contribution >= 0.6 is 0 Å². The number of benzene rings is 5. The second-order valence-electron chi connectivity index (χ2n) is 8.20. The summed E-state index contributed by atoms with van der Waals surface area (Å²) in [5, 5.41) is 8.10. The minimum Gasteiger partial charge on any atom is -0.0683 e. The second kappa shape index (κ2) is 8.19. The van der Waals surface area contributed by atoms with E-state index in [4.69, 9.17) is 0 Å². The summed E-state index contributed by atoms with van der Waals surface area (Å²) in [5.41, 5.74) is 5.70. The Hall–Kier alpha value is -3.12. The average Bonchev–Trinajstić information content (AvgIpc) is 3.08. The molecular weight excluding hydrogens is 372 g/mol. The molecule has 5 aromatic rings. The molecule has 0 atom stereocenters. The molecule has 1 aliphatic rings. The first-order valence-corrected chi connectivity index (χ1v) is 11.6. The molecule has 0 bridgehead atoms. The van der Waals surface area contributed by atoms with E-state index in [1.54, 1.807) is 0 Å². The lowest BCUT2D eigenvalue weighted by molar-refractivity contribution is 0.672. The van der Waals surface area contributed by atoms with Crippen LogP contribution in [0.5, 0.6) is 0 Å². The van der Waals surface area contributed by atoms with E-state index in [1.165, 1.54) is 54.6 Å². The Morgan fingerprint density at radius 1 is 0.419 bits per heavy atom. The largest absolute Gasteiger partial charge is 0.0683 e. The standard InChI is InChI=1S/C27H20.2C2H6/c1-27(2)25-20-10-6-4-8-18(20)12-14-23(25)24-16-15-21-19-9-5-3-7-17(19)11-13-22(21)26(24)27;2*1-2/h3-16H,1-2H3;2*1-2H3. The van der Waals surface area contributed by atoms with Gasteiger partial charge in [-0.15, -0.1) is 0 Å². The van der Waals surface area contributed by atoms with Crippen LogP contribution in [-0.2, 0) is 5.41 Å². The van der Waals surface area contributed by atoms with E-state index in [1.807, 2.05) is 27.7 Å². The van der Waals surface area contributed by atoms with Crippen LogP contribution in [0, 0.1) is 0 Å². The van der Waals surface area contributed by atoms with Gasteiger partial charge in [0.25, 0.3) is 0 Å². The summed E-state index contributed by atoms with van der Waals surface area (Å²) < 4.78 is 0. The zero-order valence-electron chi connectivity index (χ0n) is 19.6. The van der Waals surface area contributed by atoms with Crippen molar-refractivity contribution in [3.05, 3.63) is 96.1 Å². The molecule has 156 valence electrons. The average molecular weight is 405 g/mol. The van der Waals surface area contributed by atoms with E-state index in [0.29, 0.717) is 0 Å². The first kappa shape index (κ1) is 21.1. The van der Waals surface area contributed by atoms with Crippen molar-refractivity contribution in [2.75, 3.05) is 0 Å². The molecule has 0 N–H and O–H groups in total. The number of hydrogen-bond donors (Lipinski definition) is 0. The lowest BCUT2D eigenvalue weighted by Gasteiger charge is -2.25. The van der Waals surface area contributed by atoms with Crippen LogP contribution in [0.3, 0.4) is 0 Å². The van der Waals surface area contributed by atoms with Gasteiger partial charge in [-0.05, 0) is 54.6 Å². The minimum absolute atomic E-state index is 0.0203. The first-order chi connectivity index (χ1) is 15.2. The van der Waals surface area contributed by atoms with Gasteiger partial charge in [0.2, 0.25) is 0 Å². The molecule has 0 fully saturated rings. The van der Waals surface area contributed by atoms with Crippen molar-refractivity contribution in [3.63, 3.8) is 0 Å². The van der Waals surface area contributed by atoms with E-state index < -0.39 is 0 Å². The van der Waals surface area contributed by atoms with Gasteiger partial charge in [0.05, 0.1) is 0 Å². The smallest absolute Gasteiger partial charge is 0.0171 e. The lowest BCUT2D eigenvalue weighted by atomic mass is 9.78. The van der Waals surface area contributed by atoms with E-state index in [9.17, 15) is 0 Å². The molecule has 0 aliphatic heterocycles. The van der Waals surface area contributed by atoms with Crippen molar-refractivity contribution in [1.82, 2.24) is 0 Å². The molecule has 6 rings (SSSR count). The third-order valence-electron chi connectivity index (χ3n) is 6.40. The Morgan fingerprint density at radius 3 is 1.55 bits per heavy atom. The molecule has 0 amide bonds. The number of fused-ring (bicyclic) bond motifs is 9. The molecular formula is C31H32. The van der Waals surface area contributed by atoms with Crippen molar-refractivity contribution >= 4 is 32.3 Å². The van der Waals surface area contributed by atoms with Gasteiger partial charge in [-0.3, -0.25) is 0 Å². The quantitative estimate of drug-likeness (QED) is 0.225. The number of hydrogen-bond acceptors (Lipinski definition) is 0. The van der Waals surface area contributed by atoms with Crippen LogP contribution in [-0.4, -0.2) is 0 Å². The third kappa shape index (κ3) is 3.05. The maximum absolute atomic E-state index is 2.39. The van der Waals surface area contributed by atoms with Crippen LogP contribution in [0.15, 0.2) is 84.9 Å². The summed E-state index contributed by atoms with van der Waals surface area (Å²) >= 11 is 0. The minimum atomic E-state index is -0.0203. The van der Waals surface area contributed by atoms with Gasteiger partial charge in [-0.25, -0.2) is 0 Å². The molecule has 31 heavy (non-hydrogen) atoms. The Bertz CT molecular complexity index is 1390. The highest BCUT2D eigenvalue weighted by Gasteiger charge is 2.38. The Kier molecular flexibility index (Phi) is 5.58. The zero-order valence-corrected chi connectivity index (χ0v) is 19.6. The molecule has 0 spiro atoms. The summed E-state index contributed by atoms with van der Waals surface area (Å²) in [5.74, 6) is 0. The number of rotatable bonds is 0. The van der Waals surface area contributed by atoms with Gasteiger partial charge < -0.3 is 0 Å². The summed E-state index contributed by atoms with van der Waals surface area (Å²) in [6, 6.07) is 31.3. The second-order valence-corrected chi connectivity index (χ2v) is 8.20. The predicted octanol–water partition coefficient (Wildman–Crippen LogP) is 9.50. The fourth-order valence-electron chi connectivity index (χ4n) is 5.28. The van der Waals surface area contributed by atoms with E-state index >= 15 is 0 Å². The van der Waals surface area contributed by atoms with Gasteiger partial charge in [0.1, 0.15) is 0 Å². The topological polar surface area (TPSA) is 0 Å². The van der Waals surface area contributed by atoms with Crippen LogP contribution in [0.2, 0.25) is 0 Å². The van der Waals surface area contributed by atoms with Gasteiger partial charge >= 0.3 is 0 Å². The normalized spacial score (nSPS) is 13.1. The lowest BCUT2D eigenvalue weighted by Crippen LogP contribution is -2.16. The summed E-state index contributed by atoms with van der Waals surface area (Å²) in [4.78, 5) is 0. The molecule has 0 heteroatoms. The van der Waals surface area contributed by atoms with Gasteiger partial charge in [0.15, 0.2) is 0 Å². The van der Waals surface area contributed by atoms with Gasteiger partial charge in [0, 0.05) is 5.41 Å². The maximum Gasteiger partial charge on any atom is 0.0171 e. The fourth-order valence-corrected chi connectivity index (χ4v) is 5.28. The Labute approximate surface area is 186 Å². The fraction of sp³-hybridized carbons (Fsp3) is 0.226. The predicted molar refractivity (Wildman–Crippen MR) is 139 cm³/mol. The van der Waals surface area contributed by atoms with Crippen LogP contribution in [0.25, 0.3) is 43.4 Å². The molecule has 5 aromatic carbocycles. The van der Waals surface area contributed by atoms with Crippen LogP contribution < -0.4 is 0 Å². The van der Waals surface area contributed by atoms with Crippen molar-refractivity contribution in [3.8, 4) is 11.1 Å². The summed E-state index contributed by atoms with van der Waals surface area (Å²) in [7, 11) is 0. The highest BCUT2D eigenvalue weighted by Crippen LogP contribution is 2.53. The molecule has 1 aliphatic carbocycles. The van der Waals surface area contributed by atoms with Crippen molar-refractivity contribution < 1.29 is 0 Å². The van der Waals surface area contributed by atoms with E-state index in [-0.39, 0.29) is 5.41 Å². The van der Waals surface area contributed by atoms with Gasteiger partial charge in [-0.1, -0.05) is 126 Å². The van der Waals surface area contributed by atoms with E-state index in [2.05, 4.69) is 98.8 Å². The highest BCUT2D eigenvalue weighted by atomic mass is 14.4. The maximum atomic E-state index is 2.39. The Balaban J connectivity index is 0.000000549. The zero-order chi connectivity index (χ0) is 22.2. The molecule has 0 saturated carbocycles. The van der Waals surface area contributed by atoms with Crippen molar-refractivity contribution in [1.29, 1.82) is 0 Å². The first-order valence-electron chi connectivity index (χ1n) is 11.6. The highest BCUT2D eigenvalue weighted by molar-refractivity contribution is 6.12. The SMILES string of the molecule is CC.CC.CC1(C)c2c(ccc3ccccc23)-c2ccc3c(ccc4ccccc43)c21. The van der Waals surface area contributed by atoms with E-state index in [0.717, 1.165) is 0 Å². The van der Waals surface area contributed by atoms with Crippen molar-refractivity contribution in [2.45, 2.75) is 47.0 Å². The molecule has 0 heterocycles. The summed E-state index contributed by atoms with van der Waals surface area (Å²) in [6.45, 7) is 12.8. The van der Waals surface area contributed by atoms with Gasteiger partial charge in [-0.2, -0.15) is 0 Å². The molecule has 0 saturated heterocycles. The Morgan fingerprint density at radius 2 is 0.871 bits per heavy atom. The van der Waals surface area contributed by atoms with Crippen molar-refractivity contribution in [2.24, 2.45) is 0 Å². The molecule has 0 radical (unpaired) electrons. The molecule has 0 nitrogen and oxygen atoms in total. The molecule has 0 aromatic heterocycles. The van der Waals surface area contributed by atoms with Crippen LogP contribution in [0.1, 0.15) is 52.7 Å². The van der Waals surface area contributed by atoms with Crippen LogP contribution in [0.4, 0.5) is 0 Å².